The van der Waals surface area contributed by atoms with Gasteiger partial charge in [0.05, 0.1) is 19.2 Å². The van der Waals surface area contributed by atoms with Gasteiger partial charge in [-0.3, -0.25) is 4.79 Å². The summed E-state index contributed by atoms with van der Waals surface area (Å²) in [6, 6.07) is 0. The zero-order valence-electron chi connectivity index (χ0n) is 10.6. The molecule has 1 aliphatic heterocycles. The summed E-state index contributed by atoms with van der Waals surface area (Å²) >= 11 is 0. The Morgan fingerprint density at radius 1 is 1.55 bits per heavy atom. The highest BCUT2D eigenvalue weighted by atomic mass is 16.6. The zero-order valence-corrected chi connectivity index (χ0v) is 10.6. The maximum atomic E-state index is 11.6. The summed E-state index contributed by atoms with van der Waals surface area (Å²) in [5.74, 6) is 0. The van der Waals surface area contributed by atoms with E-state index >= 15 is 0 Å². The summed E-state index contributed by atoms with van der Waals surface area (Å²) in [4.78, 5) is 17.9. The molecule has 8 nitrogen and oxygen atoms in total. The van der Waals surface area contributed by atoms with Crippen LogP contribution in [-0.2, 0) is 4.74 Å². The summed E-state index contributed by atoms with van der Waals surface area (Å²) in [5.41, 5.74) is -1.45. The summed E-state index contributed by atoms with van der Waals surface area (Å²) in [7, 11) is 0. The van der Waals surface area contributed by atoms with Crippen LogP contribution in [0.5, 0.6) is 0 Å². The molecule has 1 aliphatic rings. The van der Waals surface area contributed by atoms with Gasteiger partial charge in [-0.1, -0.05) is 0 Å². The van der Waals surface area contributed by atoms with Crippen LogP contribution in [0, 0.1) is 0 Å². The largest absolute Gasteiger partial charge is 0.456 e. The smallest absolute Gasteiger partial charge is 0.294 e. The van der Waals surface area contributed by atoms with Gasteiger partial charge < -0.3 is 29.5 Å². The molecule has 0 amide bonds. The first-order chi connectivity index (χ1) is 9.46. The van der Waals surface area contributed by atoms with E-state index < -0.39 is 36.1 Å². The van der Waals surface area contributed by atoms with Crippen molar-refractivity contribution in [3.05, 3.63) is 28.5 Å². The molecule has 4 N–H and O–H groups in total. The Hall–Kier alpha value is -1.74. The number of rotatable bonds is 2. The Morgan fingerprint density at radius 2 is 2.30 bits per heavy atom. The van der Waals surface area contributed by atoms with Crippen LogP contribution in [0.25, 0.3) is 11.1 Å². The predicted molar refractivity (Wildman–Crippen MR) is 66.0 cm³/mol. The van der Waals surface area contributed by atoms with Gasteiger partial charge in [-0.25, -0.2) is 4.98 Å². The highest BCUT2D eigenvalue weighted by molar-refractivity contribution is 5.75. The van der Waals surface area contributed by atoms with Gasteiger partial charge in [-0.05, 0) is 6.92 Å². The van der Waals surface area contributed by atoms with E-state index in [1.165, 1.54) is 19.5 Å². The number of hydrogen-bond donors (Lipinski definition) is 4. The number of aliphatic hydroxyl groups is 3. The fourth-order valence-corrected chi connectivity index (χ4v) is 2.52. The van der Waals surface area contributed by atoms with Crippen molar-refractivity contribution >= 4 is 11.1 Å². The van der Waals surface area contributed by atoms with Gasteiger partial charge in [-0.2, -0.15) is 0 Å². The van der Waals surface area contributed by atoms with Crippen molar-refractivity contribution in [3.63, 3.8) is 0 Å². The van der Waals surface area contributed by atoms with Crippen LogP contribution in [-0.4, -0.2) is 49.7 Å². The number of aliphatic hydroxyl groups excluding tert-OH is 2. The van der Waals surface area contributed by atoms with Crippen molar-refractivity contribution in [3.8, 4) is 0 Å². The molecule has 4 atom stereocenters. The van der Waals surface area contributed by atoms with Gasteiger partial charge in [0, 0.05) is 5.56 Å². The molecule has 108 valence electrons. The van der Waals surface area contributed by atoms with Crippen LogP contribution >= 0.6 is 0 Å². The number of furan rings is 1. The minimum absolute atomic E-state index is 0.0174. The maximum absolute atomic E-state index is 11.6. The molecule has 1 saturated heterocycles. The second kappa shape index (κ2) is 4.38. The Balaban J connectivity index is 2.12. The van der Waals surface area contributed by atoms with Crippen LogP contribution in [0.3, 0.4) is 0 Å². The normalized spacial score (nSPS) is 33.9. The van der Waals surface area contributed by atoms with E-state index in [0.717, 1.165) is 0 Å². The molecule has 0 radical (unpaired) electrons. The average molecular weight is 282 g/mol. The summed E-state index contributed by atoms with van der Waals surface area (Å²) in [6.07, 6.45) is -0.650. The minimum atomic E-state index is -1.63. The van der Waals surface area contributed by atoms with E-state index in [2.05, 4.69) is 9.97 Å². The third-order valence-corrected chi connectivity index (χ3v) is 3.64. The number of aromatic amines is 1. The molecule has 3 rings (SSSR count). The molecule has 0 aliphatic carbocycles. The molecule has 0 spiro atoms. The number of nitrogens with one attached hydrogen (secondary N) is 1. The number of ether oxygens (including phenoxy) is 1. The van der Waals surface area contributed by atoms with E-state index in [1.54, 1.807) is 0 Å². The highest BCUT2D eigenvalue weighted by Crippen LogP contribution is 2.43. The second-order valence-electron chi connectivity index (χ2n) is 5.01. The van der Waals surface area contributed by atoms with Crippen LogP contribution in [0.2, 0.25) is 0 Å². The summed E-state index contributed by atoms with van der Waals surface area (Å²) in [6.45, 7) is 0.960. The third-order valence-electron chi connectivity index (χ3n) is 3.64. The first-order valence-electron chi connectivity index (χ1n) is 6.08. The zero-order chi connectivity index (χ0) is 14.5. The van der Waals surface area contributed by atoms with Crippen molar-refractivity contribution in [1.82, 2.24) is 9.97 Å². The molecule has 0 saturated carbocycles. The predicted octanol–water partition coefficient (Wildman–Crippen LogP) is -0.940. The molecule has 1 fully saturated rings. The SMILES string of the molecule is C[C@]1(O)[C@H](O)[C@@H](CO)O[C@H]1c1coc2c(=O)[nH]cnc12. The first-order valence-corrected chi connectivity index (χ1v) is 6.08. The first kappa shape index (κ1) is 13.3. The van der Waals surface area contributed by atoms with Gasteiger partial charge in [0.25, 0.3) is 5.56 Å². The monoisotopic (exact) mass is 282 g/mol. The molecule has 20 heavy (non-hydrogen) atoms. The number of fused-ring (bicyclic) bond motifs is 1. The van der Waals surface area contributed by atoms with Gasteiger partial charge >= 0.3 is 0 Å². The molecule has 0 unspecified atom stereocenters. The average Bonchev–Trinajstić information content (AvgIpc) is 2.92. The van der Waals surface area contributed by atoms with Crippen molar-refractivity contribution in [2.45, 2.75) is 30.8 Å². The lowest BCUT2D eigenvalue weighted by atomic mass is 9.89. The lowest BCUT2D eigenvalue weighted by molar-refractivity contribution is -0.0643. The standard InChI is InChI=1S/C12H14N2O6/c1-12(18)9(16)6(2-15)20-10(12)5-3-19-8-7(5)13-4-14-11(8)17/h3-4,6,9-10,15-16,18H,2H2,1H3,(H,13,14,17)/t6-,9-,10+,12+/m1/s1. The summed E-state index contributed by atoms with van der Waals surface area (Å²) in [5, 5.41) is 29.5. The Morgan fingerprint density at radius 3 is 2.95 bits per heavy atom. The van der Waals surface area contributed by atoms with Gasteiger partial charge in [-0.15, -0.1) is 0 Å². The Bertz CT molecular complexity index is 691. The molecule has 0 aromatic carbocycles. The molecule has 3 heterocycles. The topological polar surface area (TPSA) is 129 Å². The van der Waals surface area contributed by atoms with Crippen molar-refractivity contribution < 1.29 is 24.5 Å². The van der Waals surface area contributed by atoms with Crippen LogP contribution < -0.4 is 5.56 Å². The minimum Gasteiger partial charge on any atom is -0.456 e. The fourth-order valence-electron chi connectivity index (χ4n) is 2.52. The van der Waals surface area contributed by atoms with Gasteiger partial charge in [0.2, 0.25) is 5.58 Å². The Labute approximate surface area is 112 Å². The van der Waals surface area contributed by atoms with Crippen molar-refractivity contribution in [2.24, 2.45) is 0 Å². The van der Waals surface area contributed by atoms with Gasteiger partial charge in [0.1, 0.15) is 29.4 Å². The maximum Gasteiger partial charge on any atom is 0.294 e. The van der Waals surface area contributed by atoms with Gasteiger partial charge in [0.15, 0.2) is 0 Å². The number of H-pyrrole nitrogens is 1. The molecule has 8 heteroatoms. The quantitative estimate of drug-likeness (QED) is 0.559. The van der Waals surface area contributed by atoms with E-state index in [4.69, 9.17) is 14.3 Å². The molecular weight excluding hydrogens is 268 g/mol. The second-order valence-corrected chi connectivity index (χ2v) is 5.01. The Kier molecular flexibility index (Phi) is 2.91. The lowest BCUT2D eigenvalue weighted by Crippen LogP contribution is -2.42. The van der Waals surface area contributed by atoms with E-state index in [-0.39, 0.29) is 11.1 Å². The lowest BCUT2D eigenvalue weighted by Gasteiger charge is -2.25. The number of aromatic nitrogens is 2. The molecular formula is C12H14N2O6. The van der Waals surface area contributed by atoms with Crippen LogP contribution in [0.15, 0.2) is 21.8 Å². The van der Waals surface area contributed by atoms with E-state index in [1.807, 2.05) is 0 Å². The van der Waals surface area contributed by atoms with E-state index in [0.29, 0.717) is 5.56 Å². The molecule has 0 bridgehead atoms. The van der Waals surface area contributed by atoms with Crippen LogP contribution in [0.4, 0.5) is 0 Å². The summed E-state index contributed by atoms with van der Waals surface area (Å²) < 4.78 is 10.6. The molecule has 2 aromatic rings. The number of hydrogen-bond acceptors (Lipinski definition) is 7. The fraction of sp³-hybridized carbons (Fsp3) is 0.500. The highest BCUT2D eigenvalue weighted by Gasteiger charge is 2.53. The van der Waals surface area contributed by atoms with Crippen LogP contribution in [0.1, 0.15) is 18.6 Å². The van der Waals surface area contributed by atoms with E-state index in [9.17, 15) is 15.0 Å². The third kappa shape index (κ3) is 1.70. The van der Waals surface area contributed by atoms with Crippen molar-refractivity contribution in [2.75, 3.05) is 6.61 Å². The molecule has 2 aromatic heterocycles. The van der Waals surface area contributed by atoms with Crippen molar-refractivity contribution in [1.29, 1.82) is 0 Å². The number of nitrogens with zero attached hydrogens (tertiary/aromatic N) is 1.